The molecule has 136 valence electrons. The average molecular weight is 362 g/mol. The molecular weight excluding hydrogens is 334 g/mol. The summed E-state index contributed by atoms with van der Waals surface area (Å²) >= 11 is 5.30. The number of hydrogen-bond donors (Lipinski definition) is 2. The zero-order valence-corrected chi connectivity index (χ0v) is 16.0. The summed E-state index contributed by atoms with van der Waals surface area (Å²) in [6.45, 7) is 6.78. The zero-order valence-electron chi connectivity index (χ0n) is 15.2. The second kappa shape index (κ2) is 8.94. The lowest BCUT2D eigenvalue weighted by Crippen LogP contribution is -2.35. The molecule has 0 aliphatic heterocycles. The van der Waals surface area contributed by atoms with Gasteiger partial charge in [0.05, 0.1) is 10.9 Å². The van der Waals surface area contributed by atoms with E-state index in [4.69, 9.17) is 12.2 Å². The third kappa shape index (κ3) is 5.26. The van der Waals surface area contributed by atoms with Gasteiger partial charge in [0.2, 0.25) is 5.91 Å². The first-order chi connectivity index (χ1) is 11.9. The standard InChI is InChI=1S/C19H27N3O2S/c1-13(2)14(3)20-17(23)11-5-4-8-12-22-18(24)15-9-6-7-10-16(15)21-19(22)25/h6-7,9-10,13-14H,4-5,8,11-12H2,1-3H3,(H,20,23)(H,21,25). The zero-order chi connectivity index (χ0) is 18.4. The highest BCUT2D eigenvalue weighted by molar-refractivity contribution is 7.71. The molecule has 1 heterocycles. The van der Waals surface area contributed by atoms with Gasteiger partial charge >= 0.3 is 0 Å². The predicted molar refractivity (Wildman–Crippen MR) is 104 cm³/mol. The van der Waals surface area contributed by atoms with Gasteiger partial charge in [-0.25, -0.2) is 0 Å². The number of carbonyl (C=O) groups excluding carboxylic acids is 1. The number of nitrogens with one attached hydrogen (secondary N) is 2. The van der Waals surface area contributed by atoms with E-state index in [0.29, 0.717) is 29.0 Å². The highest BCUT2D eigenvalue weighted by Gasteiger charge is 2.10. The number of amides is 1. The molecule has 0 spiro atoms. The van der Waals surface area contributed by atoms with Crippen molar-refractivity contribution in [2.45, 2.75) is 59.0 Å². The average Bonchev–Trinajstić information content (AvgIpc) is 2.57. The minimum absolute atomic E-state index is 0.0529. The van der Waals surface area contributed by atoms with Crippen molar-refractivity contribution in [3.63, 3.8) is 0 Å². The molecular formula is C19H27N3O2S. The first-order valence-corrected chi connectivity index (χ1v) is 9.32. The fourth-order valence-corrected chi connectivity index (χ4v) is 2.91. The molecule has 0 aliphatic carbocycles. The predicted octanol–water partition coefficient (Wildman–Crippen LogP) is 3.78. The molecule has 2 N–H and O–H groups in total. The van der Waals surface area contributed by atoms with Crippen LogP contribution in [-0.2, 0) is 11.3 Å². The fourth-order valence-electron chi connectivity index (χ4n) is 2.63. The first-order valence-electron chi connectivity index (χ1n) is 8.91. The molecule has 0 radical (unpaired) electrons. The van der Waals surface area contributed by atoms with Crippen molar-refractivity contribution in [1.29, 1.82) is 0 Å². The molecule has 25 heavy (non-hydrogen) atoms. The Kier molecular flexibility index (Phi) is 6.93. The minimum atomic E-state index is -0.0529. The van der Waals surface area contributed by atoms with Crippen molar-refractivity contribution in [3.8, 4) is 0 Å². The van der Waals surface area contributed by atoms with E-state index in [-0.39, 0.29) is 17.5 Å². The number of fused-ring (bicyclic) bond motifs is 1. The van der Waals surface area contributed by atoms with Gasteiger partial charge in [0.15, 0.2) is 4.77 Å². The number of aromatic amines is 1. The maximum Gasteiger partial charge on any atom is 0.262 e. The molecule has 2 rings (SSSR count). The lowest BCUT2D eigenvalue weighted by atomic mass is 10.1. The lowest BCUT2D eigenvalue weighted by Gasteiger charge is -2.17. The second-order valence-electron chi connectivity index (χ2n) is 6.84. The third-order valence-corrected chi connectivity index (χ3v) is 4.89. The quantitative estimate of drug-likeness (QED) is 0.555. The smallest absolute Gasteiger partial charge is 0.262 e. The maximum atomic E-state index is 12.5. The Morgan fingerprint density at radius 1 is 1.20 bits per heavy atom. The van der Waals surface area contributed by atoms with Crippen LogP contribution in [0, 0.1) is 10.7 Å². The summed E-state index contributed by atoms with van der Waals surface area (Å²) in [7, 11) is 0. The Morgan fingerprint density at radius 2 is 1.92 bits per heavy atom. The van der Waals surface area contributed by atoms with Crippen LogP contribution in [0.2, 0.25) is 0 Å². The highest BCUT2D eigenvalue weighted by Crippen LogP contribution is 2.08. The second-order valence-corrected chi connectivity index (χ2v) is 7.23. The number of rotatable bonds is 8. The van der Waals surface area contributed by atoms with Crippen LogP contribution in [0.1, 0.15) is 46.5 Å². The Hall–Kier alpha value is -1.95. The van der Waals surface area contributed by atoms with E-state index in [9.17, 15) is 9.59 Å². The van der Waals surface area contributed by atoms with Gasteiger partial charge in [-0.15, -0.1) is 0 Å². The summed E-state index contributed by atoms with van der Waals surface area (Å²) in [5.41, 5.74) is 0.715. The molecule has 0 saturated heterocycles. The van der Waals surface area contributed by atoms with Crippen LogP contribution in [-0.4, -0.2) is 21.5 Å². The summed E-state index contributed by atoms with van der Waals surface area (Å²) < 4.78 is 2.06. The van der Waals surface area contributed by atoms with E-state index in [2.05, 4.69) is 24.1 Å². The monoisotopic (exact) mass is 361 g/mol. The third-order valence-electron chi connectivity index (χ3n) is 4.56. The molecule has 5 nitrogen and oxygen atoms in total. The van der Waals surface area contributed by atoms with Crippen molar-refractivity contribution in [2.75, 3.05) is 0 Å². The number of para-hydroxylation sites is 1. The molecule has 0 saturated carbocycles. The minimum Gasteiger partial charge on any atom is -0.353 e. The molecule has 1 aromatic carbocycles. The van der Waals surface area contributed by atoms with Gasteiger partial charge in [0.25, 0.3) is 5.56 Å². The Morgan fingerprint density at radius 3 is 2.64 bits per heavy atom. The van der Waals surface area contributed by atoms with Crippen LogP contribution in [0.3, 0.4) is 0 Å². The number of hydrogen-bond acceptors (Lipinski definition) is 3. The normalized spacial score (nSPS) is 12.5. The topological polar surface area (TPSA) is 66.9 Å². The van der Waals surface area contributed by atoms with E-state index < -0.39 is 0 Å². The SMILES string of the molecule is CC(C)C(C)NC(=O)CCCCCn1c(=S)[nH]c2ccccc2c1=O. The van der Waals surface area contributed by atoms with Crippen molar-refractivity contribution >= 4 is 29.0 Å². The van der Waals surface area contributed by atoms with Crippen molar-refractivity contribution in [1.82, 2.24) is 14.9 Å². The van der Waals surface area contributed by atoms with Gasteiger partial charge in [-0.2, -0.15) is 0 Å². The molecule has 0 aliphatic rings. The van der Waals surface area contributed by atoms with Crippen LogP contribution in [0.15, 0.2) is 29.1 Å². The van der Waals surface area contributed by atoms with E-state index in [1.54, 1.807) is 10.6 Å². The van der Waals surface area contributed by atoms with Crippen LogP contribution in [0.25, 0.3) is 10.9 Å². The lowest BCUT2D eigenvalue weighted by molar-refractivity contribution is -0.122. The Bertz CT molecular complexity index is 838. The van der Waals surface area contributed by atoms with Gasteiger partial charge in [-0.05, 0) is 50.0 Å². The van der Waals surface area contributed by atoms with E-state index in [1.807, 2.05) is 25.1 Å². The van der Waals surface area contributed by atoms with E-state index in [1.165, 1.54) is 0 Å². The van der Waals surface area contributed by atoms with Crippen LogP contribution < -0.4 is 10.9 Å². The van der Waals surface area contributed by atoms with Crippen molar-refractivity contribution in [3.05, 3.63) is 39.4 Å². The maximum absolute atomic E-state index is 12.5. The number of aromatic nitrogens is 2. The number of unbranched alkanes of at least 4 members (excludes halogenated alkanes) is 2. The molecule has 1 amide bonds. The molecule has 1 atom stereocenters. The van der Waals surface area contributed by atoms with Gasteiger partial charge in [0.1, 0.15) is 0 Å². The fraction of sp³-hybridized carbons (Fsp3) is 0.526. The largest absolute Gasteiger partial charge is 0.353 e. The number of H-pyrrole nitrogens is 1. The summed E-state index contributed by atoms with van der Waals surface area (Å²) in [6, 6.07) is 7.58. The highest BCUT2D eigenvalue weighted by atomic mass is 32.1. The molecule has 6 heteroatoms. The van der Waals surface area contributed by atoms with Crippen molar-refractivity contribution < 1.29 is 4.79 Å². The van der Waals surface area contributed by atoms with Gasteiger partial charge in [-0.3, -0.25) is 14.2 Å². The summed E-state index contributed by atoms with van der Waals surface area (Å²) in [5, 5.41) is 3.66. The van der Waals surface area contributed by atoms with Crippen molar-refractivity contribution in [2.24, 2.45) is 5.92 Å². The van der Waals surface area contributed by atoms with Gasteiger partial charge in [-0.1, -0.05) is 32.4 Å². The first kappa shape index (κ1) is 19.4. The number of benzene rings is 1. The van der Waals surface area contributed by atoms with Crippen LogP contribution in [0.5, 0.6) is 0 Å². The number of carbonyl (C=O) groups is 1. The van der Waals surface area contributed by atoms with Crippen LogP contribution in [0.4, 0.5) is 0 Å². The van der Waals surface area contributed by atoms with Gasteiger partial charge < -0.3 is 10.3 Å². The molecule has 0 fully saturated rings. The molecule has 1 unspecified atom stereocenters. The van der Waals surface area contributed by atoms with Gasteiger partial charge in [0, 0.05) is 19.0 Å². The van der Waals surface area contributed by atoms with E-state index >= 15 is 0 Å². The Balaban J connectivity index is 1.85. The number of nitrogens with zero attached hydrogens (tertiary/aromatic N) is 1. The molecule has 1 aromatic heterocycles. The molecule has 2 aromatic rings. The summed E-state index contributed by atoms with van der Waals surface area (Å²) in [4.78, 5) is 27.5. The Labute approximate surface area is 153 Å². The molecule has 0 bridgehead atoms. The summed E-state index contributed by atoms with van der Waals surface area (Å²) in [5.74, 6) is 0.534. The van der Waals surface area contributed by atoms with E-state index in [0.717, 1.165) is 24.8 Å². The summed E-state index contributed by atoms with van der Waals surface area (Å²) in [6.07, 6.45) is 3.05. The van der Waals surface area contributed by atoms with Crippen LogP contribution >= 0.6 is 12.2 Å².